The van der Waals surface area contributed by atoms with Crippen LogP contribution in [0.5, 0.6) is 17.6 Å². The molecule has 9 rings (SSSR count). The molecule has 5 aliphatic heterocycles. The third-order valence-electron chi connectivity index (χ3n) is 10.5. The van der Waals surface area contributed by atoms with Gasteiger partial charge < -0.3 is 24.8 Å². The standard InChI is InChI=1S/C31H33ClF2N6O3/c32-20-9-18(41)8-19(23(20)15-2-3-15)26-25(34)27-24-28(40-12-17-4-5-21(35-17)22(40)13-42-29(24)36-26)38-30(37-27)43-14-31-6-1-7-39(31)11-16(33)10-31/h8-9,15-17,21-22,35,41H,1-7,10-14H2/t16-,17?,21?,22?,31+/m1/s1. The highest BCUT2D eigenvalue weighted by Gasteiger charge is 2.50. The summed E-state index contributed by atoms with van der Waals surface area (Å²) in [6.07, 6.45) is 5.31. The SMILES string of the molecule is Oc1cc(Cl)c(C2CC2)c(-c2nc3c4c(nc(OC[C@@]56CCCN5C[C@H](F)C6)nc4c2F)N2CC4CCC(N4)C2CO3)c1. The van der Waals surface area contributed by atoms with Gasteiger partial charge in [-0.3, -0.25) is 4.90 Å². The molecule has 3 unspecified atom stereocenters. The number of aromatic hydroxyl groups is 1. The summed E-state index contributed by atoms with van der Waals surface area (Å²) < 4.78 is 44.0. The van der Waals surface area contributed by atoms with Crippen molar-refractivity contribution in [3.8, 4) is 28.9 Å². The van der Waals surface area contributed by atoms with E-state index in [1.165, 1.54) is 12.1 Å². The number of hydrogen-bond acceptors (Lipinski definition) is 9. The summed E-state index contributed by atoms with van der Waals surface area (Å²) in [7, 11) is 0. The quantitative estimate of drug-likeness (QED) is 0.425. The second kappa shape index (κ2) is 9.49. The fraction of sp³-hybridized carbons (Fsp3) is 0.581. The lowest BCUT2D eigenvalue weighted by atomic mass is 9.95. The van der Waals surface area contributed by atoms with Crippen molar-refractivity contribution in [2.24, 2.45) is 0 Å². The number of aromatic nitrogens is 3. The summed E-state index contributed by atoms with van der Waals surface area (Å²) in [5, 5.41) is 15.0. The van der Waals surface area contributed by atoms with Crippen LogP contribution in [0.1, 0.15) is 56.4 Å². The van der Waals surface area contributed by atoms with Crippen molar-refractivity contribution in [1.29, 1.82) is 0 Å². The van der Waals surface area contributed by atoms with E-state index < -0.39 is 17.5 Å². The lowest BCUT2D eigenvalue weighted by Crippen LogP contribution is -2.60. The molecule has 1 aromatic carbocycles. The maximum Gasteiger partial charge on any atom is 0.319 e. The number of alkyl halides is 1. The van der Waals surface area contributed by atoms with Gasteiger partial charge >= 0.3 is 6.01 Å². The molecule has 43 heavy (non-hydrogen) atoms. The Kier molecular flexibility index (Phi) is 5.82. The maximum absolute atomic E-state index is 16.8. The van der Waals surface area contributed by atoms with E-state index in [2.05, 4.69) is 20.1 Å². The first-order valence-electron chi connectivity index (χ1n) is 15.5. The Labute approximate surface area is 252 Å². The van der Waals surface area contributed by atoms with Crippen molar-refractivity contribution in [2.75, 3.05) is 37.7 Å². The van der Waals surface area contributed by atoms with Gasteiger partial charge in [-0.2, -0.15) is 9.97 Å². The van der Waals surface area contributed by atoms with Gasteiger partial charge in [0.2, 0.25) is 5.88 Å². The minimum atomic E-state index is -0.885. The number of phenols is 1. The van der Waals surface area contributed by atoms with Crippen molar-refractivity contribution in [3.05, 3.63) is 28.5 Å². The van der Waals surface area contributed by atoms with Gasteiger partial charge in [-0.25, -0.2) is 13.8 Å². The van der Waals surface area contributed by atoms with Crippen molar-refractivity contribution in [2.45, 2.75) is 80.7 Å². The Morgan fingerprint density at radius 2 is 2.05 bits per heavy atom. The Morgan fingerprint density at radius 3 is 2.91 bits per heavy atom. The molecule has 0 amide bonds. The highest BCUT2D eigenvalue weighted by Crippen LogP contribution is 2.50. The first-order chi connectivity index (χ1) is 20.9. The monoisotopic (exact) mass is 610 g/mol. The van der Waals surface area contributed by atoms with E-state index in [0.29, 0.717) is 53.9 Å². The smallest absolute Gasteiger partial charge is 0.319 e. The predicted octanol–water partition coefficient (Wildman–Crippen LogP) is 4.72. The number of anilines is 1. The fourth-order valence-corrected chi connectivity index (χ4v) is 8.76. The van der Waals surface area contributed by atoms with Crippen LogP contribution in [0.2, 0.25) is 5.02 Å². The Morgan fingerprint density at radius 1 is 1.16 bits per heavy atom. The number of fused-ring (bicyclic) bond motifs is 6. The van der Waals surface area contributed by atoms with Gasteiger partial charge in [-0.05, 0) is 68.7 Å². The van der Waals surface area contributed by atoms with E-state index in [1.54, 1.807) is 0 Å². The number of nitrogens with zero attached hydrogens (tertiary/aromatic N) is 5. The highest BCUT2D eigenvalue weighted by atomic mass is 35.5. The molecule has 0 radical (unpaired) electrons. The molecule has 5 fully saturated rings. The normalized spacial score (nSPS) is 31.2. The molecule has 6 aliphatic rings. The van der Waals surface area contributed by atoms with Crippen molar-refractivity contribution >= 4 is 28.3 Å². The third-order valence-corrected chi connectivity index (χ3v) is 10.8. The van der Waals surface area contributed by atoms with Gasteiger partial charge in [0.1, 0.15) is 47.5 Å². The molecule has 1 aliphatic carbocycles. The second-order valence-electron chi connectivity index (χ2n) is 13.2. The lowest BCUT2D eigenvalue weighted by molar-refractivity contribution is 0.107. The van der Waals surface area contributed by atoms with Crippen LogP contribution >= 0.6 is 11.6 Å². The van der Waals surface area contributed by atoms with Crippen LogP contribution in [-0.4, -0.2) is 87.6 Å². The molecular weight excluding hydrogens is 578 g/mol. The van der Waals surface area contributed by atoms with Gasteiger partial charge in [-0.1, -0.05) is 11.6 Å². The van der Waals surface area contributed by atoms with Gasteiger partial charge in [0, 0.05) is 42.2 Å². The molecular formula is C31H33ClF2N6O3. The Bertz CT molecular complexity index is 1660. The molecule has 2 N–H and O–H groups in total. The van der Waals surface area contributed by atoms with Crippen LogP contribution in [0.3, 0.4) is 0 Å². The van der Waals surface area contributed by atoms with Crippen LogP contribution in [0.4, 0.5) is 14.6 Å². The van der Waals surface area contributed by atoms with Crippen LogP contribution < -0.4 is 19.7 Å². The number of hydrogen-bond donors (Lipinski definition) is 2. The minimum absolute atomic E-state index is 0.0197. The minimum Gasteiger partial charge on any atom is -0.508 e. The van der Waals surface area contributed by atoms with Gasteiger partial charge in [0.05, 0.1) is 11.6 Å². The first kappa shape index (κ1) is 26.4. The largest absolute Gasteiger partial charge is 0.508 e. The van der Waals surface area contributed by atoms with E-state index >= 15 is 4.39 Å². The molecule has 5 atom stereocenters. The van der Waals surface area contributed by atoms with Crippen LogP contribution in [0.25, 0.3) is 22.2 Å². The number of pyridine rings is 1. The zero-order valence-corrected chi connectivity index (χ0v) is 24.4. The zero-order valence-electron chi connectivity index (χ0n) is 23.7. The van der Waals surface area contributed by atoms with Crippen LogP contribution in [0.15, 0.2) is 12.1 Å². The Balaban J connectivity index is 1.21. The number of piperazine rings is 1. The Hall–Kier alpha value is -3.02. The van der Waals surface area contributed by atoms with E-state index in [0.717, 1.165) is 50.6 Å². The van der Waals surface area contributed by atoms with E-state index in [4.69, 9.17) is 31.0 Å². The van der Waals surface area contributed by atoms with Crippen molar-refractivity contribution in [1.82, 2.24) is 25.2 Å². The summed E-state index contributed by atoms with van der Waals surface area (Å²) in [6, 6.07) is 3.57. The number of phenolic OH excluding ortho intramolecular Hbond substituents is 1. The molecule has 3 aromatic rings. The molecule has 4 saturated heterocycles. The molecule has 9 nitrogen and oxygen atoms in total. The molecule has 0 spiro atoms. The van der Waals surface area contributed by atoms with Crippen LogP contribution in [0, 0.1) is 5.82 Å². The van der Waals surface area contributed by atoms with E-state index in [-0.39, 0.29) is 53.5 Å². The number of benzene rings is 1. The summed E-state index contributed by atoms with van der Waals surface area (Å²) >= 11 is 6.60. The zero-order chi connectivity index (χ0) is 29.0. The molecule has 226 valence electrons. The van der Waals surface area contributed by atoms with E-state index in [1.807, 2.05) is 0 Å². The lowest BCUT2D eigenvalue weighted by Gasteiger charge is -2.40. The van der Waals surface area contributed by atoms with Crippen molar-refractivity contribution < 1.29 is 23.4 Å². The molecule has 2 bridgehead atoms. The van der Waals surface area contributed by atoms with Crippen LogP contribution in [-0.2, 0) is 0 Å². The third kappa shape index (κ3) is 4.10. The maximum atomic E-state index is 16.8. The van der Waals surface area contributed by atoms with Crippen molar-refractivity contribution in [3.63, 3.8) is 0 Å². The number of halogens is 3. The number of ether oxygens (including phenoxy) is 2. The average Bonchev–Trinajstić information content (AvgIpc) is 3.56. The van der Waals surface area contributed by atoms with Gasteiger partial charge in [0.15, 0.2) is 5.82 Å². The first-order valence-corrected chi connectivity index (χ1v) is 15.9. The average molecular weight is 611 g/mol. The summed E-state index contributed by atoms with van der Waals surface area (Å²) in [4.78, 5) is 18.7. The topological polar surface area (TPSA) is 95.9 Å². The summed E-state index contributed by atoms with van der Waals surface area (Å²) in [5.41, 5.74) is 0.920. The molecule has 1 saturated carbocycles. The number of nitrogens with one attached hydrogen (secondary N) is 1. The fourth-order valence-electron chi connectivity index (χ4n) is 8.39. The molecule has 2 aromatic heterocycles. The van der Waals surface area contributed by atoms with Gasteiger partial charge in [-0.15, -0.1) is 0 Å². The second-order valence-corrected chi connectivity index (χ2v) is 13.6. The molecule has 12 heteroatoms. The van der Waals surface area contributed by atoms with Gasteiger partial charge in [0.25, 0.3) is 0 Å². The highest BCUT2D eigenvalue weighted by molar-refractivity contribution is 6.32. The summed E-state index contributed by atoms with van der Waals surface area (Å²) in [5.74, 6) is 0.292. The summed E-state index contributed by atoms with van der Waals surface area (Å²) in [6.45, 7) is 2.56. The number of rotatable bonds is 5. The van der Waals surface area contributed by atoms with E-state index in [9.17, 15) is 9.50 Å². The molecule has 7 heterocycles. The predicted molar refractivity (Wildman–Crippen MR) is 156 cm³/mol.